The van der Waals surface area contributed by atoms with Gasteiger partial charge in [0, 0.05) is 13.6 Å². The molecule has 2 N–H and O–H groups in total. The summed E-state index contributed by atoms with van der Waals surface area (Å²) >= 11 is 0. The van der Waals surface area contributed by atoms with Crippen molar-refractivity contribution in [2.24, 2.45) is 10.7 Å². The lowest BCUT2D eigenvalue weighted by Gasteiger charge is -2.50. The zero-order chi connectivity index (χ0) is 21.9. The number of hydrogen-bond acceptors (Lipinski definition) is 4. The van der Waals surface area contributed by atoms with Crippen molar-refractivity contribution < 1.29 is 0 Å². The molecule has 2 aliphatic carbocycles. The Bertz CT molecular complexity index is 1320. The Morgan fingerprint density at radius 1 is 0.969 bits per heavy atom. The van der Waals surface area contributed by atoms with Crippen LogP contribution in [0.4, 0.5) is 0 Å². The van der Waals surface area contributed by atoms with Crippen LogP contribution in [0.5, 0.6) is 0 Å². The maximum absolute atomic E-state index is 9.38. The number of nitrogens with zero attached hydrogens (tertiary/aromatic N) is 3. The Morgan fingerprint density at radius 3 is 2.69 bits per heavy atom. The normalized spacial score (nSPS) is 25.5. The van der Waals surface area contributed by atoms with E-state index in [1.165, 1.54) is 22.3 Å². The van der Waals surface area contributed by atoms with Crippen LogP contribution in [0.3, 0.4) is 0 Å². The number of hydrogen-bond donors (Lipinski definition) is 1. The average molecular weight is 419 g/mol. The molecule has 0 bridgehead atoms. The minimum absolute atomic E-state index is 0.226. The van der Waals surface area contributed by atoms with Crippen LogP contribution in [-0.2, 0) is 18.3 Å². The van der Waals surface area contributed by atoms with Gasteiger partial charge in [-0.3, -0.25) is 0 Å². The number of fused-ring (bicyclic) bond motifs is 2. The highest BCUT2D eigenvalue weighted by Crippen LogP contribution is 2.58. The van der Waals surface area contributed by atoms with E-state index in [1.807, 2.05) is 18.2 Å². The van der Waals surface area contributed by atoms with Gasteiger partial charge in [0.15, 0.2) is 5.96 Å². The van der Waals surface area contributed by atoms with Crippen molar-refractivity contribution >= 4 is 5.96 Å². The molecule has 0 amide bonds. The predicted octanol–water partition coefficient (Wildman–Crippen LogP) is 4.40. The minimum Gasteiger partial charge on any atom is -0.370 e. The SMILES string of the molecule is CN1CC23c4ccccc4CCCC2(Cc2ccc(-c4cccc(C#N)c4)cc23)N=C1N. The van der Waals surface area contributed by atoms with E-state index in [2.05, 4.69) is 66.5 Å². The van der Waals surface area contributed by atoms with Crippen molar-refractivity contribution in [3.8, 4) is 17.2 Å². The maximum Gasteiger partial charge on any atom is 0.191 e. The summed E-state index contributed by atoms with van der Waals surface area (Å²) in [5.74, 6) is 0.648. The minimum atomic E-state index is -0.244. The topological polar surface area (TPSA) is 65.4 Å². The summed E-state index contributed by atoms with van der Waals surface area (Å²) in [5, 5.41) is 9.38. The number of guanidine groups is 1. The van der Waals surface area contributed by atoms with Crippen molar-refractivity contribution in [2.45, 2.75) is 36.6 Å². The van der Waals surface area contributed by atoms with Crippen molar-refractivity contribution in [1.29, 1.82) is 5.26 Å². The number of aliphatic imine (C=N–C) groups is 1. The highest BCUT2D eigenvalue weighted by Gasteiger charge is 2.62. The van der Waals surface area contributed by atoms with Gasteiger partial charge in [-0.15, -0.1) is 0 Å². The lowest BCUT2D eigenvalue weighted by molar-refractivity contribution is 0.204. The van der Waals surface area contributed by atoms with Gasteiger partial charge in [-0.1, -0.05) is 48.5 Å². The van der Waals surface area contributed by atoms with Crippen LogP contribution in [0.1, 0.15) is 40.7 Å². The van der Waals surface area contributed by atoms with Gasteiger partial charge in [0.05, 0.1) is 22.6 Å². The van der Waals surface area contributed by atoms with E-state index in [9.17, 15) is 5.26 Å². The van der Waals surface area contributed by atoms with E-state index < -0.39 is 0 Å². The molecule has 0 spiro atoms. The monoisotopic (exact) mass is 418 g/mol. The highest BCUT2D eigenvalue weighted by atomic mass is 15.3. The second-order valence-corrected chi connectivity index (χ2v) is 9.51. The number of nitriles is 1. The Kier molecular flexibility index (Phi) is 4.01. The number of benzene rings is 3. The van der Waals surface area contributed by atoms with E-state index in [0.717, 1.165) is 43.4 Å². The molecule has 1 heterocycles. The molecule has 0 radical (unpaired) electrons. The van der Waals surface area contributed by atoms with E-state index in [0.29, 0.717) is 11.5 Å². The average Bonchev–Trinajstić information content (AvgIpc) is 3.00. The van der Waals surface area contributed by atoms with E-state index >= 15 is 0 Å². The smallest absolute Gasteiger partial charge is 0.191 e. The van der Waals surface area contributed by atoms with Gasteiger partial charge >= 0.3 is 0 Å². The standard InChI is InChI=1S/C28H26N4/c1-32-18-28-24-10-3-2-7-20(24)9-5-13-27(28,31-26(32)30)16-23-12-11-22(15-25(23)28)21-8-4-6-19(14-21)17-29/h2-4,6-8,10-12,14-15H,5,9,13,16,18H2,1H3,(H2,30,31). The Labute approximate surface area is 189 Å². The number of nitrogens with two attached hydrogens (primary N) is 1. The Balaban J connectivity index is 1.64. The maximum atomic E-state index is 9.38. The van der Waals surface area contributed by atoms with Gasteiger partial charge < -0.3 is 10.6 Å². The molecule has 3 aromatic rings. The second kappa shape index (κ2) is 6.71. The fourth-order valence-electron chi connectivity index (χ4n) is 6.47. The van der Waals surface area contributed by atoms with Gasteiger partial charge in [-0.2, -0.15) is 5.26 Å². The number of rotatable bonds is 1. The first kappa shape index (κ1) is 19.1. The fraction of sp³-hybridized carbons (Fsp3) is 0.286. The molecule has 0 aromatic heterocycles. The summed E-state index contributed by atoms with van der Waals surface area (Å²) in [6.45, 7) is 0.827. The van der Waals surface area contributed by atoms with E-state index in [4.69, 9.17) is 10.7 Å². The van der Waals surface area contributed by atoms with Crippen LogP contribution in [0.15, 0.2) is 71.7 Å². The quantitative estimate of drug-likeness (QED) is 0.637. The van der Waals surface area contributed by atoms with Gasteiger partial charge in [-0.05, 0) is 77.3 Å². The summed E-state index contributed by atoms with van der Waals surface area (Å²) in [6, 6.07) is 25.9. The molecule has 4 heteroatoms. The summed E-state index contributed by atoms with van der Waals surface area (Å²) in [7, 11) is 2.06. The molecule has 2 unspecified atom stereocenters. The van der Waals surface area contributed by atoms with Crippen molar-refractivity contribution in [3.05, 3.63) is 94.5 Å². The van der Waals surface area contributed by atoms with Crippen LogP contribution < -0.4 is 5.73 Å². The predicted molar refractivity (Wildman–Crippen MR) is 127 cm³/mol. The molecule has 6 rings (SSSR count). The molecule has 3 aliphatic rings. The summed E-state index contributed by atoms with van der Waals surface area (Å²) in [6.07, 6.45) is 4.15. The molecule has 158 valence electrons. The van der Waals surface area contributed by atoms with Crippen molar-refractivity contribution in [1.82, 2.24) is 4.90 Å². The first-order valence-electron chi connectivity index (χ1n) is 11.4. The molecule has 0 saturated carbocycles. The molecule has 32 heavy (non-hydrogen) atoms. The van der Waals surface area contributed by atoms with Crippen LogP contribution in [0.25, 0.3) is 11.1 Å². The van der Waals surface area contributed by atoms with Crippen LogP contribution in [-0.4, -0.2) is 30.0 Å². The summed E-state index contributed by atoms with van der Waals surface area (Å²) < 4.78 is 0. The fourth-order valence-corrected chi connectivity index (χ4v) is 6.47. The molecule has 1 aliphatic heterocycles. The van der Waals surface area contributed by atoms with E-state index in [-0.39, 0.29) is 11.0 Å². The zero-order valence-electron chi connectivity index (χ0n) is 18.3. The molecule has 0 fully saturated rings. The van der Waals surface area contributed by atoms with Gasteiger partial charge in [0.25, 0.3) is 0 Å². The first-order valence-corrected chi connectivity index (χ1v) is 11.4. The molecular formula is C28H26N4. The van der Waals surface area contributed by atoms with Crippen molar-refractivity contribution in [3.63, 3.8) is 0 Å². The number of likely N-dealkylation sites (N-methyl/N-ethyl adjacent to an activating group) is 1. The zero-order valence-corrected chi connectivity index (χ0v) is 18.3. The lowest BCUT2D eigenvalue weighted by Crippen LogP contribution is -2.61. The summed E-state index contributed by atoms with van der Waals surface area (Å²) in [4.78, 5) is 7.37. The third kappa shape index (κ3) is 2.45. The second-order valence-electron chi connectivity index (χ2n) is 9.51. The van der Waals surface area contributed by atoms with Gasteiger partial charge in [0.2, 0.25) is 0 Å². The first-order chi connectivity index (χ1) is 15.6. The molecular weight excluding hydrogens is 392 g/mol. The molecule has 2 atom stereocenters. The van der Waals surface area contributed by atoms with Crippen molar-refractivity contribution in [2.75, 3.05) is 13.6 Å². The Hall–Kier alpha value is -3.58. The van der Waals surface area contributed by atoms with E-state index in [1.54, 1.807) is 0 Å². The Morgan fingerprint density at radius 2 is 1.81 bits per heavy atom. The third-order valence-corrected chi connectivity index (χ3v) is 7.88. The van der Waals surface area contributed by atoms with Crippen LogP contribution in [0, 0.1) is 11.3 Å². The largest absolute Gasteiger partial charge is 0.370 e. The van der Waals surface area contributed by atoms with Crippen LogP contribution >= 0.6 is 0 Å². The van der Waals surface area contributed by atoms with Crippen LogP contribution in [0.2, 0.25) is 0 Å². The third-order valence-electron chi connectivity index (χ3n) is 7.88. The molecule has 4 nitrogen and oxygen atoms in total. The highest BCUT2D eigenvalue weighted by molar-refractivity contribution is 5.82. The van der Waals surface area contributed by atoms with Gasteiger partial charge in [0.1, 0.15) is 0 Å². The lowest BCUT2D eigenvalue weighted by atomic mass is 9.62. The number of aryl methyl sites for hydroxylation is 1. The van der Waals surface area contributed by atoms with Gasteiger partial charge in [-0.25, -0.2) is 4.99 Å². The molecule has 3 aromatic carbocycles. The molecule has 0 saturated heterocycles. The summed E-state index contributed by atoms with van der Waals surface area (Å²) in [5.41, 5.74) is 14.5.